The number of thiocarbonyl (C=S) groups is 1. The molecular weight excluding hydrogens is 390 g/mol. The van der Waals surface area contributed by atoms with Gasteiger partial charge < -0.3 is 5.32 Å². The average Bonchev–Trinajstić information content (AvgIpc) is 2.78. The molecule has 0 radical (unpaired) electrons. The first-order valence-electron chi connectivity index (χ1n) is 9.80. The molecule has 0 saturated heterocycles. The van der Waals surface area contributed by atoms with Gasteiger partial charge in [0.25, 0.3) is 0 Å². The Labute approximate surface area is 183 Å². The molecule has 0 aliphatic heterocycles. The number of amides is 2. The Morgan fingerprint density at radius 1 is 0.800 bits per heavy atom. The van der Waals surface area contributed by atoms with Crippen molar-refractivity contribution in [3.05, 3.63) is 115 Å². The first-order chi connectivity index (χ1) is 14.7. The summed E-state index contributed by atoms with van der Waals surface area (Å²) in [4.78, 5) is 14.0. The van der Waals surface area contributed by atoms with Crippen LogP contribution >= 0.6 is 12.2 Å². The molecule has 5 heteroatoms. The number of anilines is 1. The van der Waals surface area contributed by atoms with Crippen LogP contribution in [0.5, 0.6) is 0 Å². The van der Waals surface area contributed by atoms with Gasteiger partial charge in [0.2, 0.25) is 0 Å². The number of urea groups is 1. The van der Waals surface area contributed by atoms with Crippen LogP contribution in [0.1, 0.15) is 17.5 Å². The van der Waals surface area contributed by atoms with Gasteiger partial charge in [-0.3, -0.25) is 5.01 Å². The molecule has 4 nitrogen and oxygen atoms in total. The van der Waals surface area contributed by atoms with E-state index < -0.39 is 0 Å². The third-order valence-electron chi connectivity index (χ3n) is 4.51. The van der Waals surface area contributed by atoms with Crippen molar-refractivity contribution in [1.29, 1.82) is 0 Å². The van der Waals surface area contributed by atoms with Crippen LogP contribution in [0.15, 0.2) is 104 Å². The number of carbonyl (C=O) groups is 1. The van der Waals surface area contributed by atoms with Gasteiger partial charge in [-0.15, -0.1) is 6.58 Å². The molecule has 30 heavy (non-hydrogen) atoms. The highest BCUT2D eigenvalue weighted by Gasteiger charge is 2.24. The predicted octanol–water partition coefficient (Wildman–Crippen LogP) is 6.04. The fourth-order valence-corrected chi connectivity index (χ4v) is 3.31. The van der Waals surface area contributed by atoms with Crippen LogP contribution in [-0.2, 0) is 13.1 Å². The zero-order valence-electron chi connectivity index (χ0n) is 16.8. The van der Waals surface area contributed by atoms with Crippen molar-refractivity contribution in [1.82, 2.24) is 10.0 Å². The first kappa shape index (κ1) is 21.3. The summed E-state index contributed by atoms with van der Waals surface area (Å²) >= 11 is 5.68. The van der Waals surface area contributed by atoms with Crippen molar-refractivity contribution in [3.63, 3.8) is 0 Å². The van der Waals surface area contributed by atoms with Crippen LogP contribution in [0.2, 0.25) is 0 Å². The number of nitrogens with zero attached hydrogens (tertiary/aromatic N) is 2. The number of hydrogen-bond donors (Lipinski definition) is 1. The van der Waals surface area contributed by atoms with E-state index in [-0.39, 0.29) is 6.03 Å². The largest absolute Gasteiger partial charge is 0.341 e. The van der Waals surface area contributed by atoms with Gasteiger partial charge >= 0.3 is 6.03 Å². The van der Waals surface area contributed by atoms with E-state index in [2.05, 4.69) is 11.9 Å². The third kappa shape index (κ3) is 6.03. The average molecular weight is 416 g/mol. The molecule has 3 aromatic carbocycles. The zero-order valence-corrected chi connectivity index (χ0v) is 17.6. The van der Waals surface area contributed by atoms with Gasteiger partial charge in [0.1, 0.15) is 4.99 Å². The standard InChI is InChI=1S/C25H25N3OS/c1-2-12-24(30)27(19-21-13-6-3-7-14-21)28(20-22-15-8-4-9-16-22)25(29)26-23-17-10-5-11-18-23/h2-11,13-18H,1,12,19-20H2,(H,26,29). The van der Waals surface area contributed by atoms with Crippen molar-refractivity contribution in [2.24, 2.45) is 0 Å². The highest BCUT2D eigenvalue weighted by molar-refractivity contribution is 7.80. The van der Waals surface area contributed by atoms with Gasteiger partial charge in [-0.25, -0.2) is 9.80 Å². The van der Waals surface area contributed by atoms with E-state index in [1.807, 2.05) is 96.0 Å². The lowest BCUT2D eigenvalue weighted by Crippen LogP contribution is -2.49. The number of para-hydroxylation sites is 1. The Morgan fingerprint density at radius 3 is 1.77 bits per heavy atom. The van der Waals surface area contributed by atoms with Crippen LogP contribution in [0, 0.1) is 0 Å². The fraction of sp³-hybridized carbons (Fsp3) is 0.120. The molecule has 0 bridgehead atoms. The molecular formula is C25H25N3OS. The fourth-order valence-electron chi connectivity index (χ4n) is 3.03. The molecule has 0 aromatic heterocycles. The Bertz CT molecular complexity index is 961. The number of hydrazine groups is 1. The van der Waals surface area contributed by atoms with Gasteiger partial charge in [-0.1, -0.05) is 97.2 Å². The molecule has 0 heterocycles. The summed E-state index contributed by atoms with van der Waals surface area (Å²) < 4.78 is 0. The quantitative estimate of drug-likeness (QED) is 0.290. The molecule has 2 amide bonds. The van der Waals surface area contributed by atoms with Crippen molar-refractivity contribution in [3.8, 4) is 0 Å². The molecule has 1 N–H and O–H groups in total. The maximum Gasteiger partial charge on any atom is 0.341 e. The molecule has 0 aliphatic rings. The van der Waals surface area contributed by atoms with Crippen LogP contribution in [0.4, 0.5) is 10.5 Å². The van der Waals surface area contributed by atoms with E-state index >= 15 is 0 Å². The van der Waals surface area contributed by atoms with Crippen LogP contribution in [0.3, 0.4) is 0 Å². The topological polar surface area (TPSA) is 35.6 Å². The van der Waals surface area contributed by atoms with Crippen LogP contribution in [-0.4, -0.2) is 21.0 Å². The smallest absolute Gasteiger partial charge is 0.306 e. The second-order valence-electron chi connectivity index (χ2n) is 6.77. The Kier molecular flexibility index (Phi) is 7.75. The lowest BCUT2D eigenvalue weighted by atomic mass is 10.2. The number of hydrogen-bond acceptors (Lipinski definition) is 2. The minimum Gasteiger partial charge on any atom is -0.306 e. The highest BCUT2D eigenvalue weighted by atomic mass is 32.1. The number of carbonyl (C=O) groups excluding carboxylic acids is 1. The van der Waals surface area contributed by atoms with Crippen molar-refractivity contribution in [2.75, 3.05) is 5.32 Å². The lowest BCUT2D eigenvalue weighted by Gasteiger charge is -2.37. The van der Waals surface area contributed by atoms with E-state index in [1.165, 1.54) is 0 Å². The monoisotopic (exact) mass is 415 g/mol. The minimum absolute atomic E-state index is 0.243. The van der Waals surface area contributed by atoms with Gasteiger partial charge in [-0.2, -0.15) is 0 Å². The lowest BCUT2D eigenvalue weighted by molar-refractivity contribution is 0.0753. The summed E-state index contributed by atoms with van der Waals surface area (Å²) in [6.07, 6.45) is 2.27. The van der Waals surface area contributed by atoms with Crippen molar-refractivity contribution in [2.45, 2.75) is 19.5 Å². The molecule has 3 aromatic rings. The minimum atomic E-state index is -0.243. The van der Waals surface area contributed by atoms with Crippen LogP contribution < -0.4 is 5.32 Å². The van der Waals surface area contributed by atoms with E-state index in [9.17, 15) is 4.79 Å². The normalized spacial score (nSPS) is 10.1. The Morgan fingerprint density at radius 2 is 1.27 bits per heavy atom. The Balaban J connectivity index is 1.93. The van der Waals surface area contributed by atoms with E-state index in [0.717, 1.165) is 16.8 Å². The second-order valence-corrected chi connectivity index (χ2v) is 7.24. The summed E-state index contributed by atoms with van der Waals surface area (Å²) in [6.45, 7) is 4.69. The van der Waals surface area contributed by atoms with Crippen molar-refractivity contribution < 1.29 is 4.79 Å². The summed E-state index contributed by atoms with van der Waals surface area (Å²) in [5.41, 5.74) is 2.81. The summed E-state index contributed by atoms with van der Waals surface area (Å²) in [6, 6.07) is 29.1. The highest BCUT2D eigenvalue weighted by Crippen LogP contribution is 2.17. The van der Waals surface area contributed by atoms with E-state index in [4.69, 9.17) is 12.2 Å². The Hall–Kier alpha value is -3.44. The van der Waals surface area contributed by atoms with E-state index in [0.29, 0.717) is 24.5 Å². The number of nitrogens with one attached hydrogen (secondary N) is 1. The SMILES string of the molecule is C=CCC(=S)N(Cc1ccccc1)N(Cc1ccccc1)C(=O)Nc1ccccc1. The number of benzene rings is 3. The maximum absolute atomic E-state index is 13.3. The van der Waals surface area contributed by atoms with Gasteiger partial charge in [0.15, 0.2) is 0 Å². The summed E-state index contributed by atoms with van der Waals surface area (Å²) in [5, 5.41) is 6.51. The molecule has 0 aliphatic carbocycles. The molecule has 0 spiro atoms. The molecule has 0 atom stereocenters. The molecule has 0 unspecified atom stereocenters. The summed E-state index contributed by atoms with van der Waals surface area (Å²) in [7, 11) is 0. The molecule has 152 valence electrons. The van der Waals surface area contributed by atoms with E-state index in [1.54, 1.807) is 11.1 Å². The third-order valence-corrected chi connectivity index (χ3v) is 4.89. The summed E-state index contributed by atoms with van der Waals surface area (Å²) in [5.74, 6) is 0. The number of rotatable bonds is 7. The van der Waals surface area contributed by atoms with Gasteiger partial charge in [-0.05, 0) is 23.3 Å². The predicted molar refractivity (Wildman–Crippen MR) is 127 cm³/mol. The molecule has 0 saturated carbocycles. The van der Waals surface area contributed by atoms with Gasteiger partial charge in [0, 0.05) is 12.1 Å². The molecule has 0 fully saturated rings. The van der Waals surface area contributed by atoms with Crippen molar-refractivity contribution >= 4 is 28.9 Å². The van der Waals surface area contributed by atoms with Crippen LogP contribution in [0.25, 0.3) is 0 Å². The maximum atomic E-state index is 13.3. The zero-order chi connectivity index (χ0) is 21.2. The molecule has 3 rings (SSSR count). The first-order valence-corrected chi connectivity index (χ1v) is 10.2. The van der Waals surface area contributed by atoms with Gasteiger partial charge in [0.05, 0.1) is 13.1 Å². The second kappa shape index (κ2) is 10.9.